The van der Waals surface area contributed by atoms with Gasteiger partial charge in [-0.15, -0.1) is 0 Å². The molecule has 2 aromatic carbocycles. The summed E-state index contributed by atoms with van der Waals surface area (Å²) < 4.78 is 7.75. The van der Waals surface area contributed by atoms with E-state index in [1.165, 1.54) is 0 Å². The van der Waals surface area contributed by atoms with E-state index in [1.807, 2.05) is 65.0 Å². The number of carbonyl (C=O) groups excluding carboxylic acids is 1. The van der Waals surface area contributed by atoms with Crippen molar-refractivity contribution in [2.45, 2.75) is 38.3 Å². The smallest absolute Gasteiger partial charge is 0.254 e. The molecule has 0 aliphatic carbocycles. The summed E-state index contributed by atoms with van der Waals surface area (Å²) in [5.41, 5.74) is 2.36. The van der Waals surface area contributed by atoms with Gasteiger partial charge in [-0.3, -0.25) is 4.79 Å². The van der Waals surface area contributed by atoms with Crippen LogP contribution >= 0.6 is 23.2 Å². The normalized spacial score (nSPS) is 19.7. The third kappa shape index (κ3) is 4.40. The number of hydrogen-bond donors (Lipinski definition) is 1. The Labute approximate surface area is 209 Å². The summed E-state index contributed by atoms with van der Waals surface area (Å²) in [5.74, 6) is 1.70. The maximum absolute atomic E-state index is 14.0. The van der Waals surface area contributed by atoms with Crippen molar-refractivity contribution in [3.63, 3.8) is 0 Å². The van der Waals surface area contributed by atoms with E-state index in [4.69, 9.17) is 27.9 Å². The fourth-order valence-electron chi connectivity index (χ4n) is 4.86. The molecule has 1 N–H and O–H groups in total. The average Bonchev–Trinajstić information content (AvgIpc) is 3.50. The van der Waals surface area contributed by atoms with Crippen molar-refractivity contribution in [1.29, 1.82) is 0 Å². The molecule has 3 heterocycles. The predicted molar refractivity (Wildman–Crippen MR) is 134 cm³/mol. The third-order valence-electron chi connectivity index (χ3n) is 6.50. The zero-order valence-corrected chi connectivity index (χ0v) is 20.4. The molecule has 1 aromatic heterocycles. The third-order valence-corrected chi connectivity index (χ3v) is 7.24. The Hall–Kier alpha value is -2.96. The van der Waals surface area contributed by atoms with Crippen LogP contribution in [-0.4, -0.2) is 39.8 Å². The number of ether oxygens (including phenoxy) is 1. The number of aromatic nitrogens is 2. The number of carbonyl (C=O) groups is 1. The standard InChI is InChI=1S/C26H26Cl2N4O2/c1-17-24(25(32-23(30-17)11-13-29-32)18-9-10-21(27)22(28)16-18)26(33)31-14-5-6-19(31)12-15-34-20-7-3-2-4-8-20/h2-4,7-11,13,16,19,25,30H,5-6,12,14-15H2,1H3/t19-,25?/m1/s1. The number of likely N-dealkylation sites (tertiary alicyclic amines) is 1. The highest BCUT2D eigenvalue weighted by molar-refractivity contribution is 6.42. The van der Waals surface area contributed by atoms with Gasteiger partial charge in [-0.25, -0.2) is 4.68 Å². The predicted octanol–water partition coefficient (Wildman–Crippen LogP) is 5.94. The first kappa shape index (κ1) is 22.8. The van der Waals surface area contributed by atoms with Crippen LogP contribution in [0.1, 0.15) is 37.8 Å². The summed E-state index contributed by atoms with van der Waals surface area (Å²) in [6.07, 6.45) is 4.46. The molecule has 34 heavy (non-hydrogen) atoms. The van der Waals surface area contributed by atoms with Crippen LogP contribution in [0.3, 0.4) is 0 Å². The zero-order valence-electron chi connectivity index (χ0n) is 18.9. The number of halogens is 2. The Balaban J connectivity index is 1.40. The molecule has 1 unspecified atom stereocenters. The minimum absolute atomic E-state index is 0.0180. The molecule has 6 nitrogen and oxygen atoms in total. The lowest BCUT2D eigenvalue weighted by Crippen LogP contribution is -2.41. The second-order valence-corrected chi connectivity index (χ2v) is 9.46. The number of allylic oxidation sites excluding steroid dienone is 1. The fourth-order valence-corrected chi connectivity index (χ4v) is 5.17. The van der Waals surface area contributed by atoms with Gasteiger partial charge in [0.1, 0.15) is 17.6 Å². The lowest BCUT2D eigenvalue weighted by molar-refractivity contribution is -0.128. The molecule has 0 spiro atoms. The lowest BCUT2D eigenvalue weighted by Gasteiger charge is -2.34. The number of anilines is 1. The molecule has 0 saturated carbocycles. The van der Waals surface area contributed by atoms with Crippen LogP contribution in [0.25, 0.3) is 0 Å². The van der Waals surface area contributed by atoms with Gasteiger partial charge in [0.05, 0.1) is 28.4 Å². The molecule has 8 heteroatoms. The van der Waals surface area contributed by atoms with E-state index in [9.17, 15) is 4.79 Å². The van der Waals surface area contributed by atoms with Crippen molar-refractivity contribution in [3.8, 4) is 5.75 Å². The summed E-state index contributed by atoms with van der Waals surface area (Å²) in [5, 5.41) is 8.79. The van der Waals surface area contributed by atoms with Gasteiger partial charge >= 0.3 is 0 Å². The van der Waals surface area contributed by atoms with Crippen LogP contribution in [0, 0.1) is 0 Å². The van der Waals surface area contributed by atoms with Crippen LogP contribution in [0.2, 0.25) is 10.0 Å². The Bertz CT molecular complexity index is 1220. The second kappa shape index (κ2) is 9.72. The van der Waals surface area contributed by atoms with Crippen LogP contribution in [0.5, 0.6) is 5.75 Å². The SMILES string of the molecule is CC1=C(C(=O)N2CCC[C@@H]2CCOc2ccccc2)C(c2ccc(Cl)c(Cl)c2)n2nccc2N1. The Morgan fingerprint density at radius 1 is 1.15 bits per heavy atom. The van der Waals surface area contributed by atoms with Gasteiger partial charge in [0.25, 0.3) is 5.91 Å². The van der Waals surface area contributed by atoms with E-state index in [0.29, 0.717) is 22.2 Å². The minimum Gasteiger partial charge on any atom is -0.494 e. The van der Waals surface area contributed by atoms with E-state index in [0.717, 1.165) is 48.6 Å². The van der Waals surface area contributed by atoms with Crippen LogP contribution in [-0.2, 0) is 4.79 Å². The molecular formula is C26H26Cl2N4O2. The molecule has 0 radical (unpaired) electrons. The van der Waals surface area contributed by atoms with Crippen LogP contribution in [0.4, 0.5) is 5.82 Å². The Kier molecular flexibility index (Phi) is 6.53. The molecule has 2 aliphatic heterocycles. The lowest BCUT2D eigenvalue weighted by atomic mass is 9.94. The number of para-hydroxylation sites is 1. The van der Waals surface area contributed by atoms with Crippen molar-refractivity contribution < 1.29 is 9.53 Å². The summed E-state index contributed by atoms with van der Waals surface area (Å²) in [6, 6.07) is 16.9. The number of rotatable bonds is 6. The summed E-state index contributed by atoms with van der Waals surface area (Å²) in [6.45, 7) is 3.23. The van der Waals surface area contributed by atoms with Crippen LogP contribution < -0.4 is 10.1 Å². The van der Waals surface area contributed by atoms with Gasteiger partial charge in [-0.2, -0.15) is 5.10 Å². The highest BCUT2D eigenvalue weighted by atomic mass is 35.5. The number of benzene rings is 2. The first-order chi connectivity index (χ1) is 16.5. The molecular weight excluding hydrogens is 471 g/mol. The average molecular weight is 497 g/mol. The largest absolute Gasteiger partial charge is 0.494 e. The number of nitrogens with zero attached hydrogens (tertiary/aromatic N) is 3. The molecule has 1 fully saturated rings. The first-order valence-electron chi connectivity index (χ1n) is 11.5. The van der Waals surface area contributed by atoms with Crippen molar-refractivity contribution in [3.05, 3.63) is 87.7 Å². The van der Waals surface area contributed by atoms with E-state index < -0.39 is 6.04 Å². The van der Waals surface area contributed by atoms with Crippen molar-refractivity contribution in [2.24, 2.45) is 0 Å². The van der Waals surface area contributed by atoms with E-state index in [2.05, 4.69) is 10.4 Å². The monoisotopic (exact) mass is 496 g/mol. The number of fused-ring (bicyclic) bond motifs is 1. The maximum Gasteiger partial charge on any atom is 0.254 e. The number of hydrogen-bond acceptors (Lipinski definition) is 4. The summed E-state index contributed by atoms with van der Waals surface area (Å²) in [4.78, 5) is 16.0. The molecule has 2 atom stereocenters. The van der Waals surface area contributed by atoms with Gasteiger partial charge in [0, 0.05) is 30.8 Å². The maximum atomic E-state index is 14.0. The summed E-state index contributed by atoms with van der Waals surface area (Å²) >= 11 is 12.5. The van der Waals surface area contributed by atoms with Gasteiger partial charge in [0.15, 0.2) is 0 Å². The summed E-state index contributed by atoms with van der Waals surface area (Å²) in [7, 11) is 0. The quantitative estimate of drug-likeness (QED) is 0.458. The first-order valence-corrected chi connectivity index (χ1v) is 12.2. The number of amides is 1. The second-order valence-electron chi connectivity index (χ2n) is 8.65. The van der Waals surface area contributed by atoms with E-state index in [-0.39, 0.29) is 11.9 Å². The number of nitrogens with one attached hydrogen (secondary N) is 1. The molecule has 1 saturated heterocycles. The minimum atomic E-state index is -0.393. The fraction of sp³-hybridized carbons (Fsp3) is 0.308. The Morgan fingerprint density at radius 2 is 1.97 bits per heavy atom. The van der Waals surface area contributed by atoms with Gasteiger partial charge in [-0.05, 0) is 49.6 Å². The molecule has 176 valence electrons. The highest BCUT2D eigenvalue weighted by Crippen LogP contribution is 2.39. The Morgan fingerprint density at radius 3 is 2.76 bits per heavy atom. The molecule has 5 rings (SSSR count). The van der Waals surface area contributed by atoms with Gasteiger partial charge in [-0.1, -0.05) is 47.5 Å². The van der Waals surface area contributed by atoms with Crippen molar-refractivity contribution in [2.75, 3.05) is 18.5 Å². The van der Waals surface area contributed by atoms with Gasteiger partial charge < -0.3 is 15.0 Å². The highest BCUT2D eigenvalue weighted by Gasteiger charge is 2.38. The zero-order chi connectivity index (χ0) is 23.7. The van der Waals surface area contributed by atoms with Crippen LogP contribution in [0.15, 0.2) is 72.1 Å². The van der Waals surface area contributed by atoms with Crippen molar-refractivity contribution >= 4 is 34.9 Å². The molecule has 3 aromatic rings. The molecule has 1 amide bonds. The molecule has 0 bridgehead atoms. The van der Waals surface area contributed by atoms with Gasteiger partial charge in [0.2, 0.25) is 0 Å². The molecule has 2 aliphatic rings. The van der Waals surface area contributed by atoms with Crippen molar-refractivity contribution in [1.82, 2.24) is 14.7 Å². The topological polar surface area (TPSA) is 59.4 Å². The van der Waals surface area contributed by atoms with E-state index >= 15 is 0 Å². The van der Waals surface area contributed by atoms with E-state index in [1.54, 1.807) is 12.3 Å².